The van der Waals surface area contributed by atoms with Crippen molar-refractivity contribution in [1.29, 1.82) is 0 Å². The second-order valence-corrected chi connectivity index (χ2v) is 5.39. The number of nitrogens with zero attached hydrogens (tertiary/aromatic N) is 1. The highest BCUT2D eigenvalue weighted by Crippen LogP contribution is 2.29. The second-order valence-electron chi connectivity index (χ2n) is 5.39. The maximum atomic E-state index is 11.7. The lowest BCUT2D eigenvalue weighted by molar-refractivity contribution is 0.0635. The average molecular weight is 276 g/mol. The summed E-state index contributed by atoms with van der Waals surface area (Å²) < 4.78 is 10.4. The Morgan fingerprint density at radius 1 is 1.40 bits per heavy atom. The molecule has 0 aliphatic heterocycles. The molecule has 1 aromatic carbocycles. The Balaban J connectivity index is 2.91. The summed E-state index contributed by atoms with van der Waals surface area (Å²) in [5.74, 6) is 0.504. The van der Waals surface area contributed by atoms with E-state index in [-0.39, 0.29) is 6.04 Å². The number of nitrogens with one attached hydrogen (secondary N) is 1. The summed E-state index contributed by atoms with van der Waals surface area (Å²) in [7, 11) is 1.52. The van der Waals surface area contributed by atoms with Crippen LogP contribution in [0.25, 0.3) is 4.85 Å². The average Bonchev–Trinajstić information content (AvgIpc) is 2.36. The van der Waals surface area contributed by atoms with Crippen LogP contribution in [-0.4, -0.2) is 18.8 Å². The molecule has 108 valence electrons. The highest BCUT2D eigenvalue weighted by atomic mass is 16.6. The van der Waals surface area contributed by atoms with Crippen LogP contribution in [0.15, 0.2) is 18.2 Å². The number of anilines is 1. The van der Waals surface area contributed by atoms with E-state index in [0.29, 0.717) is 11.4 Å². The van der Waals surface area contributed by atoms with E-state index in [0.717, 1.165) is 5.56 Å². The first-order valence-electron chi connectivity index (χ1n) is 6.31. The molecular formula is C15H20N2O3. The van der Waals surface area contributed by atoms with E-state index in [1.165, 1.54) is 7.11 Å². The van der Waals surface area contributed by atoms with E-state index in [4.69, 9.17) is 16.0 Å². The highest BCUT2D eigenvalue weighted by Gasteiger charge is 2.18. The number of benzene rings is 1. The van der Waals surface area contributed by atoms with Gasteiger partial charge in [-0.3, -0.25) is 5.32 Å². The minimum absolute atomic E-state index is 0.250. The van der Waals surface area contributed by atoms with E-state index < -0.39 is 11.7 Å². The minimum atomic E-state index is -0.560. The first-order chi connectivity index (χ1) is 9.26. The van der Waals surface area contributed by atoms with Crippen LogP contribution in [0.4, 0.5) is 10.5 Å². The quantitative estimate of drug-likeness (QED) is 0.848. The van der Waals surface area contributed by atoms with E-state index in [1.54, 1.807) is 39.0 Å². The molecule has 1 amide bonds. The molecule has 1 atom stereocenters. The SMILES string of the molecule is [C-]#[N+]C(C)c1ccc(NC(=O)OC(C)(C)C)c(OC)c1. The molecule has 1 unspecified atom stereocenters. The topological polar surface area (TPSA) is 51.9 Å². The monoisotopic (exact) mass is 276 g/mol. The molecule has 0 aliphatic carbocycles. The largest absolute Gasteiger partial charge is 0.495 e. The molecule has 0 saturated heterocycles. The van der Waals surface area contributed by atoms with Crippen LogP contribution in [0.5, 0.6) is 5.75 Å². The van der Waals surface area contributed by atoms with Crippen LogP contribution in [0.2, 0.25) is 0 Å². The molecule has 1 N–H and O–H groups in total. The van der Waals surface area contributed by atoms with Gasteiger partial charge in [-0.2, -0.15) is 0 Å². The number of amides is 1. The van der Waals surface area contributed by atoms with Crippen LogP contribution < -0.4 is 10.1 Å². The first-order valence-corrected chi connectivity index (χ1v) is 6.31. The molecule has 0 radical (unpaired) electrons. The zero-order valence-electron chi connectivity index (χ0n) is 12.5. The van der Waals surface area contributed by atoms with Gasteiger partial charge in [-0.1, -0.05) is 0 Å². The zero-order chi connectivity index (χ0) is 15.3. The lowest BCUT2D eigenvalue weighted by atomic mass is 10.1. The molecule has 20 heavy (non-hydrogen) atoms. The Labute approximate surface area is 119 Å². The van der Waals surface area contributed by atoms with Gasteiger partial charge in [0, 0.05) is 12.5 Å². The van der Waals surface area contributed by atoms with Gasteiger partial charge < -0.3 is 14.3 Å². The van der Waals surface area contributed by atoms with E-state index in [9.17, 15) is 4.79 Å². The number of rotatable bonds is 3. The van der Waals surface area contributed by atoms with Crippen molar-refractivity contribution >= 4 is 11.8 Å². The Morgan fingerprint density at radius 2 is 2.05 bits per heavy atom. The van der Waals surface area contributed by atoms with Crippen molar-refractivity contribution in [2.24, 2.45) is 0 Å². The Kier molecular flexibility index (Phi) is 4.98. The summed E-state index contributed by atoms with van der Waals surface area (Å²) in [5.41, 5.74) is 0.796. The predicted molar refractivity (Wildman–Crippen MR) is 77.9 cm³/mol. The molecule has 1 rings (SSSR count). The van der Waals surface area contributed by atoms with Crippen molar-refractivity contribution in [3.05, 3.63) is 35.2 Å². The second kappa shape index (κ2) is 6.29. The molecule has 0 fully saturated rings. The van der Waals surface area contributed by atoms with Gasteiger partial charge in [0.05, 0.1) is 12.8 Å². The number of hydrogen-bond acceptors (Lipinski definition) is 3. The summed E-state index contributed by atoms with van der Waals surface area (Å²) in [4.78, 5) is 15.2. The number of hydrogen-bond donors (Lipinski definition) is 1. The fraction of sp³-hybridized carbons (Fsp3) is 0.467. The fourth-order valence-electron chi connectivity index (χ4n) is 1.56. The zero-order valence-corrected chi connectivity index (χ0v) is 12.5. The van der Waals surface area contributed by atoms with E-state index >= 15 is 0 Å². The maximum absolute atomic E-state index is 11.7. The minimum Gasteiger partial charge on any atom is -0.495 e. The van der Waals surface area contributed by atoms with E-state index in [2.05, 4.69) is 10.2 Å². The summed E-state index contributed by atoms with van der Waals surface area (Å²) in [6, 6.07) is 4.99. The van der Waals surface area contributed by atoms with Gasteiger partial charge in [-0.25, -0.2) is 11.4 Å². The summed E-state index contributed by atoms with van der Waals surface area (Å²) in [6.07, 6.45) is -0.540. The summed E-state index contributed by atoms with van der Waals surface area (Å²) in [5, 5.41) is 2.64. The van der Waals surface area contributed by atoms with Gasteiger partial charge in [-0.15, -0.1) is 0 Å². The smallest absolute Gasteiger partial charge is 0.412 e. The van der Waals surface area contributed by atoms with Crippen LogP contribution in [0.3, 0.4) is 0 Å². The lowest BCUT2D eigenvalue weighted by Crippen LogP contribution is -2.27. The molecular weight excluding hydrogens is 256 g/mol. The van der Waals surface area contributed by atoms with Crippen LogP contribution in [0, 0.1) is 6.57 Å². The normalized spacial score (nSPS) is 12.2. The van der Waals surface area contributed by atoms with Crippen LogP contribution in [-0.2, 0) is 4.74 Å². The Morgan fingerprint density at radius 3 is 2.55 bits per heavy atom. The van der Waals surface area contributed by atoms with Gasteiger partial charge >= 0.3 is 6.09 Å². The molecule has 0 spiro atoms. The van der Waals surface area contributed by atoms with Gasteiger partial charge in [0.15, 0.2) is 0 Å². The third kappa shape index (κ3) is 4.47. The Bertz CT molecular complexity index is 527. The van der Waals surface area contributed by atoms with Gasteiger partial charge in [-0.05, 0) is 39.0 Å². The molecule has 0 bridgehead atoms. The van der Waals surface area contributed by atoms with Crippen molar-refractivity contribution in [2.45, 2.75) is 39.3 Å². The molecule has 5 heteroatoms. The van der Waals surface area contributed by atoms with Gasteiger partial charge in [0.1, 0.15) is 11.4 Å². The highest BCUT2D eigenvalue weighted by molar-refractivity contribution is 5.87. The van der Waals surface area contributed by atoms with Crippen LogP contribution in [0.1, 0.15) is 39.3 Å². The molecule has 0 heterocycles. The van der Waals surface area contributed by atoms with Crippen molar-refractivity contribution in [3.63, 3.8) is 0 Å². The number of carbonyl (C=O) groups excluding carboxylic acids is 1. The Hall–Kier alpha value is -2.22. The molecule has 0 aromatic heterocycles. The molecule has 0 saturated carbocycles. The van der Waals surface area contributed by atoms with E-state index in [1.807, 2.05) is 6.92 Å². The van der Waals surface area contributed by atoms with Gasteiger partial charge in [0.2, 0.25) is 6.04 Å². The number of methoxy groups -OCH3 is 1. The first kappa shape index (κ1) is 15.8. The van der Waals surface area contributed by atoms with Crippen molar-refractivity contribution in [3.8, 4) is 5.75 Å². The lowest BCUT2D eigenvalue weighted by Gasteiger charge is -2.20. The van der Waals surface area contributed by atoms with Crippen molar-refractivity contribution in [2.75, 3.05) is 12.4 Å². The summed E-state index contributed by atoms with van der Waals surface area (Å²) in [6.45, 7) is 14.2. The third-order valence-electron chi connectivity index (χ3n) is 2.54. The predicted octanol–water partition coefficient (Wildman–Crippen LogP) is 4.02. The number of ether oxygens (including phenoxy) is 2. The van der Waals surface area contributed by atoms with Crippen molar-refractivity contribution in [1.82, 2.24) is 0 Å². The van der Waals surface area contributed by atoms with Crippen LogP contribution >= 0.6 is 0 Å². The molecule has 0 aliphatic rings. The molecule has 5 nitrogen and oxygen atoms in total. The number of carbonyl (C=O) groups is 1. The fourth-order valence-corrected chi connectivity index (χ4v) is 1.56. The summed E-state index contributed by atoms with van der Waals surface area (Å²) >= 11 is 0. The molecule has 1 aromatic rings. The third-order valence-corrected chi connectivity index (χ3v) is 2.54. The van der Waals surface area contributed by atoms with Gasteiger partial charge in [0.25, 0.3) is 0 Å². The standard InChI is InChI=1S/C15H20N2O3/c1-10(16-5)11-7-8-12(13(9-11)19-6)17-14(18)20-15(2,3)4/h7-10H,1-4,6H3,(H,17,18). The maximum Gasteiger partial charge on any atom is 0.412 e. The van der Waals surface area contributed by atoms with Crippen molar-refractivity contribution < 1.29 is 14.3 Å².